The highest BCUT2D eigenvalue weighted by Gasteiger charge is 2.25. The average Bonchev–Trinajstić information content (AvgIpc) is 2.05. The molecule has 0 radical (unpaired) electrons. The van der Waals surface area contributed by atoms with Crippen molar-refractivity contribution < 1.29 is 0 Å². The minimum absolute atomic E-state index is 0.395. The molecular formula is C9H16N2S. The van der Waals surface area contributed by atoms with E-state index in [0.717, 1.165) is 0 Å². The lowest BCUT2D eigenvalue weighted by molar-refractivity contribution is 0.203. The number of thiocarbonyl (C=S) groups is 1. The van der Waals surface area contributed by atoms with E-state index in [9.17, 15) is 0 Å². The Kier molecular flexibility index (Phi) is 3.86. The van der Waals surface area contributed by atoms with Gasteiger partial charge in [0.15, 0.2) is 0 Å². The van der Waals surface area contributed by atoms with Crippen molar-refractivity contribution >= 4 is 17.4 Å². The Labute approximate surface area is 79.7 Å². The van der Waals surface area contributed by atoms with Crippen LogP contribution in [0.5, 0.6) is 0 Å². The molecule has 0 saturated heterocycles. The van der Waals surface area contributed by atoms with E-state index in [-0.39, 0.29) is 0 Å². The van der Waals surface area contributed by atoms with Gasteiger partial charge in [0.2, 0.25) is 0 Å². The monoisotopic (exact) mass is 184 g/mol. The predicted octanol–water partition coefficient (Wildman–Crippen LogP) is 1.96. The van der Waals surface area contributed by atoms with Gasteiger partial charge in [-0.3, -0.25) is 0 Å². The molecule has 2 nitrogen and oxygen atoms in total. The molecule has 0 amide bonds. The molecule has 3 heteroatoms. The summed E-state index contributed by atoms with van der Waals surface area (Å²) in [5, 5.41) is 2.50. The predicted molar refractivity (Wildman–Crippen MR) is 54.8 cm³/mol. The molecule has 0 aromatic carbocycles. The van der Waals surface area contributed by atoms with E-state index in [1.54, 1.807) is 0 Å². The summed E-state index contributed by atoms with van der Waals surface area (Å²) in [5.41, 5.74) is 0. The van der Waals surface area contributed by atoms with Gasteiger partial charge in [-0.2, -0.15) is 0 Å². The summed E-state index contributed by atoms with van der Waals surface area (Å²) in [4.78, 5) is 6.46. The molecule has 1 rings (SSSR count). The molecule has 0 unspecified atom stereocenters. The van der Waals surface area contributed by atoms with Crippen LogP contribution in [-0.2, 0) is 0 Å². The first kappa shape index (κ1) is 9.85. The fraction of sp³-hybridized carbons (Fsp3) is 0.889. The molecule has 0 aromatic heterocycles. The Morgan fingerprint density at radius 2 is 2.00 bits per heavy atom. The lowest BCUT2D eigenvalue weighted by Crippen LogP contribution is -2.40. The minimum atomic E-state index is 0.395. The molecule has 1 aliphatic rings. The molecular weight excluding hydrogens is 168 g/mol. The summed E-state index contributed by atoms with van der Waals surface area (Å²) < 4.78 is 0. The number of hydrogen-bond acceptors (Lipinski definition) is 3. The highest BCUT2D eigenvalue weighted by molar-refractivity contribution is 7.78. The maximum atomic E-state index is 4.64. The van der Waals surface area contributed by atoms with Crippen molar-refractivity contribution in [2.45, 2.75) is 37.8 Å². The largest absolute Gasteiger partial charge is 0.304 e. The second-order valence-electron chi connectivity index (χ2n) is 3.60. The van der Waals surface area contributed by atoms with Crippen LogP contribution < -0.4 is 0 Å². The fourth-order valence-electron chi connectivity index (χ4n) is 1.91. The summed E-state index contributed by atoms with van der Waals surface area (Å²) in [6.45, 7) is 0. The van der Waals surface area contributed by atoms with Crippen LogP contribution in [0.3, 0.4) is 0 Å². The number of isothiocyanates is 1. The maximum Gasteiger partial charge on any atom is 0.0757 e. The molecule has 0 heterocycles. The average molecular weight is 184 g/mol. The molecule has 2 atom stereocenters. The van der Waals surface area contributed by atoms with Gasteiger partial charge in [0.05, 0.1) is 11.2 Å². The Morgan fingerprint density at radius 1 is 1.33 bits per heavy atom. The van der Waals surface area contributed by atoms with Crippen molar-refractivity contribution in [1.29, 1.82) is 0 Å². The summed E-state index contributed by atoms with van der Waals surface area (Å²) in [5.74, 6) is 0. The third kappa shape index (κ3) is 2.37. The topological polar surface area (TPSA) is 15.6 Å². The number of likely N-dealkylation sites (N-methyl/N-ethyl adjacent to an activating group) is 1. The number of aliphatic imine (C=N–C) groups is 1. The first-order valence-electron chi connectivity index (χ1n) is 4.49. The van der Waals surface area contributed by atoms with Crippen LogP contribution in [0.1, 0.15) is 25.7 Å². The zero-order chi connectivity index (χ0) is 8.97. The summed E-state index contributed by atoms with van der Waals surface area (Å²) in [6, 6.07) is 0.973. The molecule has 12 heavy (non-hydrogen) atoms. The van der Waals surface area contributed by atoms with Gasteiger partial charge < -0.3 is 4.90 Å². The van der Waals surface area contributed by atoms with Gasteiger partial charge in [0.1, 0.15) is 0 Å². The Bertz CT molecular complexity index is 185. The van der Waals surface area contributed by atoms with Crippen molar-refractivity contribution in [2.24, 2.45) is 4.99 Å². The maximum absolute atomic E-state index is 4.64. The van der Waals surface area contributed by atoms with Crippen LogP contribution in [0.2, 0.25) is 0 Å². The van der Waals surface area contributed by atoms with Gasteiger partial charge >= 0.3 is 0 Å². The van der Waals surface area contributed by atoms with Gasteiger partial charge in [-0.25, -0.2) is 4.99 Å². The van der Waals surface area contributed by atoms with Crippen LogP contribution in [0.15, 0.2) is 4.99 Å². The van der Waals surface area contributed by atoms with Gasteiger partial charge in [0.25, 0.3) is 0 Å². The Morgan fingerprint density at radius 3 is 2.58 bits per heavy atom. The van der Waals surface area contributed by atoms with E-state index >= 15 is 0 Å². The number of nitrogens with zero attached hydrogens (tertiary/aromatic N) is 2. The standard InChI is InChI=1S/C9H16N2S/c1-11(2)9-6-4-3-5-8(9)10-7-12/h8-9H,3-6H2,1-2H3/t8-,9-/m0/s1. The van der Waals surface area contributed by atoms with Gasteiger partial charge in [-0.05, 0) is 39.2 Å². The van der Waals surface area contributed by atoms with Crippen molar-refractivity contribution in [3.05, 3.63) is 0 Å². The molecule has 1 saturated carbocycles. The SMILES string of the molecule is CN(C)[C@H]1CCCC[C@@H]1N=C=S. The summed E-state index contributed by atoms with van der Waals surface area (Å²) >= 11 is 4.64. The second-order valence-corrected chi connectivity index (χ2v) is 3.79. The first-order chi connectivity index (χ1) is 5.75. The number of rotatable bonds is 2. The van der Waals surface area contributed by atoms with Crippen LogP contribution in [0, 0.1) is 0 Å². The molecule has 0 aliphatic heterocycles. The quantitative estimate of drug-likeness (QED) is 0.481. The highest BCUT2D eigenvalue weighted by Crippen LogP contribution is 2.23. The van der Waals surface area contributed by atoms with E-state index in [2.05, 4.69) is 41.4 Å². The van der Waals surface area contributed by atoms with Crippen LogP contribution in [0.4, 0.5) is 0 Å². The first-order valence-corrected chi connectivity index (χ1v) is 4.90. The zero-order valence-electron chi connectivity index (χ0n) is 7.79. The van der Waals surface area contributed by atoms with Crippen molar-refractivity contribution in [2.75, 3.05) is 14.1 Å². The molecule has 0 aromatic rings. The molecule has 0 bridgehead atoms. The lowest BCUT2D eigenvalue weighted by atomic mass is 9.90. The highest BCUT2D eigenvalue weighted by atomic mass is 32.1. The van der Waals surface area contributed by atoms with Gasteiger partial charge in [-0.1, -0.05) is 12.8 Å². The van der Waals surface area contributed by atoms with E-state index in [1.165, 1.54) is 25.7 Å². The summed E-state index contributed by atoms with van der Waals surface area (Å²) in [7, 11) is 4.23. The van der Waals surface area contributed by atoms with Crippen LogP contribution in [-0.4, -0.2) is 36.2 Å². The van der Waals surface area contributed by atoms with Crippen LogP contribution >= 0.6 is 12.2 Å². The van der Waals surface area contributed by atoms with E-state index in [0.29, 0.717) is 12.1 Å². The fourth-order valence-corrected chi connectivity index (χ4v) is 2.05. The van der Waals surface area contributed by atoms with E-state index in [4.69, 9.17) is 0 Å². The van der Waals surface area contributed by atoms with Crippen molar-refractivity contribution in [1.82, 2.24) is 4.90 Å². The van der Waals surface area contributed by atoms with Gasteiger partial charge in [0, 0.05) is 6.04 Å². The zero-order valence-corrected chi connectivity index (χ0v) is 8.60. The second kappa shape index (κ2) is 4.70. The normalized spacial score (nSPS) is 29.9. The van der Waals surface area contributed by atoms with Crippen LogP contribution in [0.25, 0.3) is 0 Å². The minimum Gasteiger partial charge on any atom is -0.304 e. The molecule has 1 fully saturated rings. The smallest absolute Gasteiger partial charge is 0.0757 e. The molecule has 0 N–H and O–H groups in total. The molecule has 0 spiro atoms. The Hall–Kier alpha value is -0.240. The van der Waals surface area contributed by atoms with Gasteiger partial charge in [-0.15, -0.1) is 0 Å². The molecule has 1 aliphatic carbocycles. The van der Waals surface area contributed by atoms with E-state index in [1.807, 2.05) is 0 Å². The van der Waals surface area contributed by atoms with Crippen molar-refractivity contribution in [3.8, 4) is 0 Å². The van der Waals surface area contributed by atoms with Crippen molar-refractivity contribution in [3.63, 3.8) is 0 Å². The summed E-state index contributed by atoms with van der Waals surface area (Å²) in [6.07, 6.45) is 5.03. The Balaban J connectivity index is 2.60. The third-order valence-electron chi connectivity index (χ3n) is 2.58. The lowest BCUT2D eigenvalue weighted by Gasteiger charge is -2.32. The molecule has 68 valence electrons. The van der Waals surface area contributed by atoms with E-state index < -0.39 is 0 Å². The third-order valence-corrected chi connectivity index (χ3v) is 2.68. The number of hydrogen-bond donors (Lipinski definition) is 0.